The van der Waals surface area contributed by atoms with Gasteiger partial charge in [-0.3, -0.25) is 14.4 Å². The topological polar surface area (TPSA) is 81.8 Å². The number of unbranched alkanes of at least 4 members (excludes halogenated alkanes) is 1. The van der Waals surface area contributed by atoms with Crippen LogP contribution in [0.15, 0.2) is 66.7 Å². The molecule has 0 unspecified atom stereocenters. The second-order valence-electron chi connectivity index (χ2n) is 10.7. The first-order valence-corrected chi connectivity index (χ1v) is 14.4. The Morgan fingerprint density at radius 2 is 1.69 bits per heavy atom. The monoisotopic (exact) mass is 530 g/mol. The molecule has 1 atom stereocenters. The Hall–Kier alpha value is -3.45. The highest BCUT2D eigenvalue weighted by Crippen LogP contribution is 2.34. The van der Waals surface area contributed by atoms with Gasteiger partial charge >= 0.3 is 0 Å². The van der Waals surface area contributed by atoms with E-state index in [1.54, 1.807) is 6.08 Å². The van der Waals surface area contributed by atoms with E-state index >= 15 is 0 Å². The zero-order chi connectivity index (χ0) is 27.5. The highest BCUT2D eigenvalue weighted by Gasteiger charge is 2.52. The van der Waals surface area contributed by atoms with Gasteiger partial charge in [-0.25, -0.2) is 0 Å². The SMILES string of the molecule is CCCN1C(=O)[C@H](CCCCNC(=O)C=Cc2ccccc2)NC(=O)C12CCN(CCc1ccccc1)CC2. The van der Waals surface area contributed by atoms with E-state index in [-0.39, 0.29) is 17.7 Å². The molecule has 0 radical (unpaired) electrons. The van der Waals surface area contributed by atoms with Crippen LogP contribution in [0.2, 0.25) is 0 Å². The fraction of sp³-hybridized carbons (Fsp3) is 0.469. The molecule has 2 aromatic rings. The molecule has 0 aliphatic carbocycles. The van der Waals surface area contributed by atoms with Crippen LogP contribution in [0.3, 0.4) is 0 Å². The Morgan fingerprint density at radius 1 is 1.00 bits per heavy atom. The first-order valence-electron chi connectivity index (χ1n) is 14.4. The summed E-state index contributed by atoms with van der Waals surface area (Å²) in [7, 11) is 0. The molecule has 2 saturated heterocycles. The molecule has 208 valence electrons. The van der Waals surface area contributed by atoms with Gasteiger partial charge in [-0.15, -0.1) is 0 Å². The lowest BCUT2D eigenvalue weighted by atomic mass is 9.81. The Balaban J connectivity index is 1.23. The molecule has 0 aromatic heterocycles. The smallest absolute Gasteiger partial charge is 0.246 e. The average molecular weight is 531 g/mol. The number of piperazine rings is 1. The number of nitrogens with zero attached hydrogens (tertiary/aromatic N) is 2. The van der Waals surface area contributed by atoms with Crippen molar-refractivity contribution in [2.45, 2.75) is 63.5 Å². The van der Waals surface area contributed by atoms with Crippen LogP contribution in [0.1, 0.15) is 56.6 Å². The van der Waals surface area contributed by atoms with Crippen LogP contribution in [0.25, 0.3) is 6.08 Å². The van der Waals surface area contributed by atoms with E-state index in [0.29, 0.717) is 32.4 Å². The van der Waals surface area contributed by atoms with Crippen LogP contribution < -0.4 is 10.6 Å². The molecule has 0 saturated carbocycles. The van der Waals surface area contributed by atoms with Crippen LogP contribution >= 0.6 is 0 Å². The molecule has 0 bridgehead atoms. The first kappa shape index (κ1) is 28.6. The summed E-state index contributed by atoms with van der Waals surface area (Å²) >= 11 is 0. The van der Waals surface area contributed by atoms with Gasteiger partial charge in [0.1, 0.15) is 11.6 Å². The lowest BCUT2D eigenvalue weighted by Gasteiger charge is -2.51. The summed E-state index contributed by atoms with van der Waals surface area (Å²) in [6.45, 7) is 5.80. The third-order valence-electron chi connectivity index (χ3n) is 7.94. The van der Waals surface area contributed by atoms with Gasteiger partial charge in [-0.2, -0.15) is 0 Å². The zero-order valence-corrected chi connectivity index (χ0v) is 23.1. The van der Waals surface area contributed by atoms with E-state index in [1.807, 2.05) is 41.3 Å². The number of likely N-dealkylation sites (tertiary alicyclic amines) is 1. The van der Waals surface area contributed by atoms with Crippen molar-refractivity contribution in [3.05, 3.63) is 77.9 Å². The summed E-state index contributed by atoms with van der Waals surface area (Å²) in [6.07, 6.45) is 8.58. The van der Waals surface area contributed by atoms with Crippen molar-refractivity contribution in [3.8, 4) is 0 Å². The van der Waals surface area contributed by atoms with Crippen molar-refractivity contribution in [2.75, 3.05) is 32.7 Å². The summed E-state index contributed by atoms with van der Waals surface area (Å²) in [5.74, 6) is -0.0845. The van der Waals surface area contributed by atoms with E-state index in [0.717, 1.165) is 50.9 Å². The molecule has 2 fully saturated rings. The fourth-order valence-electron chi connectivity index (χ4n) is 5.67. The number of nitrogens with one attached hydrogen (secondary N) is 2. The first-order chi connectivity index (χ1) is 19.0. The van der Waals surface area contributed by atoms with Crippen LogP contribution in [-0.4, -0.2) is 71.8 Å². The van der Waals surface area contributed by atoms with Gasteiger partial charge in [0.15, 0.2) is 0 Å². The van der Waals surface area contributed by atoms with E-state index in [4.69, 9.17) is 0 Å². The molecular weight excluding hydrogens is 488 g/mol. The Morgan fingerprint density at radius 3 is 2.38 bits per heavy atom. The maximum absolute atomic E-state index is 13.5. The van der Waals surface area contributed by atoms with Crippen molar-refractivity contribution in [1.29, 1.82) is 0 Å². The van der Waals surface area contributed by atoms with Crippen LogP contribution in [0.5, 0.6) is 0 Å². The Bertz CT molecular complexity index is 1110. The number of amides is 3. The van der Waals surface area contributed by atoms with Gasteiger partial charge in [0.05, 0.1) is 0 Å². The lowest BCUT2D eigenvalue weighted by Crippen LogP contribution is -2.72. The molecule has 2 aliphatic heterocycles. The summed E-state index contributed by atoms with van der Waals surface area (Å²) in [5.41, 5.74) is 1.57. The highest BCUT2D eigenvalue weighted by molar-refractivity contribution is 6.00. The molecule has 4 rings (SSSR count). The molecule has 2 aromatic carbocycles. The lowest BCUT2D eigenvalue weighted by molar-refractivity contribution is -0.161. The summed E-state index contributed by atoms with van der Waals surface area (Å²) in [5, 5.41) is 5.98. The van der Waals surface area contributed by atoms with Crippen LogP contribution in [-0.2, 0) is 20.8 Å². The molecule has 7 heteroatoms. The van der Waals surface area contributed by atoms with Crippen LogP contribution in [0, 0.1) is 0 Å². The number of benzene rings is 2. The molecule has 3 amide bonds. The molecule has 2 aliphatic rings. The minimum absolute atomic E-state index is 0.00242. The van der Waals surface area contributed by atoms with E-state index in [9.17, 15) is 14.4 Å². The predicted octanol–water partition coefficient (Wildman–Crippen LogP) is 3.80. The Labute approximate surface area is 232 Å². The van der Waals surface area contributed by atoms with E-state index in [1.165, 1.54) is 11.6 Å². The van der Waals surface area contributed by atoms with E-state index < -0.39 is 11.6 Å². The highest BCUT2D eigenvalue weighted by atomic mass is 16.2. The number of piperidine rings is 1. The summed E-state index contributed by atoms with van der Waals surface area (Å²) in [6, 6.07) is 19.7. The number of rotatable bonds is 12. The van der Waals surface area contributed by atoms with E-state index in [2.05, 4.69) is 46.7 Å². The zero-order valence-electron chi connectivity index (χ0n) is 23.1. The van der Waals surface area contributed by atoms with Crippen molar-refractivity contribution in [2.24, 2.45) is 0 Å². The molecule has 2 heterocycles. The van der Waals surface area contributed by atoms with Gasteiger partial charge in [-0.05, 0) is 62.1 Å². The second-order valence-corrected chi connectivity index (χ2v) is 10.7. The van der Waals surface area contributed by atoms with Crippen LogP contribution in [0.4, 0.5) is 0 Å². The van der Waals surface area contributed by atoms with Gasteiger partial charge in [0.2, 0.25) is 17.7 Å². The molecule has 39 heavy (non-hydrogen) atoms. The third-order valence-corrected chi connectivity index (χ3v) is 7.94. The number of hydrogen-bond acceptors (Lipinski definition) is 4. The van der Waals surface area contributed by atoms with Crippen molar-refractivity contribution < 1.29 is 14.4 Å². The molecule has 7 nitrogen and oxygen atoms in total. The second kappa shape index (κ2) is 14.1. The molecule has 2 N–H and O–H groups in total. The average Bonchev–Trinajstić information content (AvgIpc) is 2.97. The van der Waals surface area contributed by atoms with Crippen molar-refractivity contribution in [3.63, 3.8) is 0 Å². The normalized spacial score (nSPS) is 19.4. The fourth-order valence-corrected chi connectivity index (χ4v) is 5.67. The van der Waals surface area contributed by atoms with Gasteiger partial charge < -0.3 is 20.4 Å². The van der Waals surface area contributed by atoms with Gasteiger partial charge in [0.25, 0.3) is 0 Å². The minimum atomic E-state index is -0.730. The Kier molecular flexibility index (Phi) is 10.3. The van der Waals surface area contributed by atoms with Gasteiger partial charge in [0, 0.05) is 38.8 Å². The summed E-state index contributed by atoms with van der Waals surface area (Å²) in [4.78, 5) is 43.4. The standard InChI is InChI=1S/C32H42N4O3/c1-2-22-36-30(38)28(15-9-10-21-33-29(37)17-16-26-11-5-3-6-12-26)34-31(39)32(36)19-24-35(25-20-32)23-18-27-13-7-4-8-14-27/h3-8,11-14,16-17,28H,2,9-10,15,18-25H2,1H3,(H,33,37)(H,34,39)/t28-/m0/s1. The molecule has 1 spiro atoms. The summed E-state index contributed by atoms with van der Waals surface area (Å²) < 4.78 is 0. The maximum Gasteiger partial charge on any atom is 0.246 e. The molecular formula is C32H42N4O3. The number of hydrogen-bond donors (Lipinski definition) is 2. The predicted molar refractivity (Wildman–Crippen MR) is 155 cm³/mol. The largest absolute Gasteiger partial charge is 0.353 e. The number of carbonyl (C=O) groups excluding carboxylic acids is 3. The van der Waals surface area contributed by atoms with Gasteiger partial charge in [-0.1, -0.05) is 67.6 Å². The van der Waals surface area contributed by atoms with Crippen molar-refractivity contribution >= 4 is 23.8 Å². The maximum atomic E-state index is 13.5. The van der Waals surface area contributed by atoms with Crippen molar-refractivity contribution in [1.82, 2.24) is 20.4 Å². The number of carbonyl (C=O) groups is 3. The quantitative estimate of drug-likeness (QED) is 0.323. The third kappa shape index (κ3) is 7.57. The minimum Gasteiger partial charge on any atom is -0.353 e.